The maximum atomic E-state index is 13.5. The molecule has 4 aliphatic heterocycles. The summed E-state index contributed by atoms with van der Waals surface area (Å²) < 4.78 is 11.7. The number of rotatable bonds is 2. The van der Waals surface area contributed by atoms with Crippen LogP contribution >= 0.6 is 0 Å². The summed E-state index contributed by atoms with van der Waals surface area (Å²) in [5.74, 6) is -1.07. The van der Waals surface area contributed by atoms with Gasteiger partial charge in [-0.25, -0.2) is 0 Å². The van der Waals surface area contributed by atoms with Crippen LogP contribution in [0.15, 0.2) is 18.2 Å². The zero-order valence-corrected chi connectivity index (χ0v) is 16.8. The Morgan fingerprint density at radius 1 is 0.967 bits per heavy atom. The third-order valence-corrected chi connectivity index (χ3v) is 7.34. The number of hydrogen-bond donors (Lipinski definition) is 1. The van der Waals surface area contributed by atoms with Gasteiger partial charge in [-0.1, -0.05) is 6.07 Å². The molecule has 0 radical (unpaired) electrons. The van der Waals surface area contributed by atoms with Crippen LogP contribution in [-0.4, -0.2) is 55.9 Å². The van der Waals surface area contributed by atoms with Gasteiger partial charge in [-0.15, -0.1) is 0 Å². The first-order valence-electron chi connectivity index (χ1n) is 10.9. The number of carbonyl (C=O) groups excluding carboxylic acids is 3. The number of anilines is 2. The summed E-state index contributed by atoms with van der Waals surface area (Å²) in [7, 11) is 0. The number of hydrogen-bond acceptors (Lipinski definition) is 6. The van der Waals surface area contributed by atoms with Crippen LogP contribution in [0, 0.1) is 0 Å². The van der Waals surface area contributed by atoms with Crippen molar-refractivity contribution in [3.8, 4) is 0 Å². The van der Waals surface area contributed by atoms with Crippen molar-refractivity contribution in [2.75, 3.05) is 36.1 Å². The Bertz CT molecular complexity index is 940. The second kappa shape index (κ2) is 6.28. The topological polar surface area (TPSA) is 88.2 Å². The van der Waals surface area contributed by atoms with Gasteiger partial charge in [-0.3, -0.25) is 24.6 Å². The van der Waals surface area contributed by atoms with E-state index in [9.17, 15) is 14.4 Å². The van der Waals surface area contributed by atoms with E-state index in [1.165, 1.54) is 0 Å². The third kappa shape index (κ3) is 2.50. The molecular formula is C22H25N3O5. The number of ether oxygens (including phenoxy) is 2. The monoisotopic (exact) mass is 411 g/mol. The van der Waals surface area contributed by atoms with E-state index >= 15 is 0 Å². The molecule has 1 saturated carbocycles. The highest BCUT2D eigenvalue weighted by Gasteiger charge is 2.62. The normalized spacial score (nSPS) is 28.9. The highest BCUT2D eigenvalue weighted by atomic mass is 16.7. The average Bonchev–Trinajstić information content (AvgIpc) is 3.37. The van der Waals surface area contributed by atoms with Crippen molar-refractivity contribution in [1.82, 2.24) is 5.32 Å². The molecule has 158 valence electrons. The van der Waals surface area contributed by atoms with Gasteiger partial charge in [0.15, 0.2) is 5.79 Å². The van der Waals surface area contributed by atoms with Crippen molar-refractivity contribution in [2.24, 2.45) is 0 Å². The summed E-state index contributed by atoms with van der Waals surface area (Å²) in [6, 6.07) is 5.39. The minimum absolute atomic E-state index is 0.00962. The van der Waals surface area contributed by atoms with Gasteiger partial charge in [0.25, 0.3) is 0 Å². The van der Waals surface area contributed by atoms with Gasteiger partial charge >= 0.3 is 0 Å². The molecule has 0 aromatic heterocycles. The number of amides is 3. The number of fused-ring (bicyclic) bond motifs is 2. The second-order valence-electron chi connectivity index (χ2n) is 8.99. The second-order valence-corrected chi connectivity index (χ2v) is 8.99. The van der Waals surface area contributed by atoms with Crippen molar-refractivity contribution in [1.29, 1.82) is 0 Å². The van der Waals surface area contributed by atoms with Crippen LogP contribution in [0.25, 0.3) is 0 Å². The predicted octanol–water partition coefficient (Wildman–Crippen LogP) is 1.21. The first-order chi connectivity index (χ1) is 14.5. The van der Waals surface area contributed by atoms with Gasteiger partial charge in [-0.05, 0) is 31.4 Å². The first-order valence-corrected chi connectivity index (χ1v) is 10.9. The number of benzene rings is 1. The Labute approximate surface area is 174 Å². The van der Waals surface area contributed by atoms with Crippen molar-refractivity contribution in [3.63, 3.8) is 0 Å². The Morgan fingerprint density at radius 3 is 2.33 bits per heavy atom. The fourth-order valence-corrected chi connectivity index (χ4v) is 5.63. The van der Waals surface area contributed by atoms with Crippen LogP contribution in [0.5, 0.6) is 0 Å². The van der Waals surface area contributed by atoms with E-state index in [4.69, 9.17) is 9.47 Å². The van der Waals surface area contributed by atoms with Crippen molar-refractivity contribution >= 4 is 29.1 Å². The molecule has 1 N–H and O–H groups in total. The summed E-state index contributed by atoms with van der Waals surface area (Å²) in [4.78, 5) is 41.7. The summed E-state index contributed by atoms with van der Waals surface area (Å²) in [6.07, 6.45) is 3.85. The molecule has 3 amide bonds. The molecule has 6 rings (SSSR count). The Balaban J connectivity index is 1.35. The predicted molar refractivity (Wildman–Crippen MR) is 107 cm³/mol. The molecule has 0 bridgehead atoms. The Kier molecular flexibility index (Phi) is 3.83. The van der Waals surface area contributed by atoms with Crippen molar-refractivity contribution in [2.45, 2.75) is 55.8 Å². The molecule has 1 aromatic carbocycles. The zero-order chi connectivity index (χ0) is 20.5. The van der Waals surface area contributed by atoms with Crippen LogP contribution in [0.2, 0.25) is 0 Å². The maximum Gasteiger partial charge on any atom is 0.249 e. The lowest BCUT2D eigenvalue weighted by Crippen LogP contribution is -2.54. The van der Waals surface area contributed by atoms with Gasteiger partial charge < -0.3 is 14.4 Å². The van der Waals surface area contributed by atoms with Crippen molar-refractivity contribution in [3.05, 3.63) is 23.8 Å². The smallest absolute Gasteiger partial charge is 0.249 e. The molecule has 5 aliphatic rings. The highest BCUT2D eigenvalue weighted by molar-refractivity contribution is 6.16. The molecule has 1 aromatic rings. The van der Waals surface area contributed by atoms with E-state index in [0.717, 1.165) is 55.7 Å². The van der Waals surface area contributed by atoms with Crippen molar-refractivity contribution < 1.29 is 23.9 Å². The summed E-state index contributed by atoms with van der Waals surface area (Å²) in [6.45, 7) is 2.91. The van der Waals surface area contributed by atoms with E-state index in [1.807, 2.05) is 12.1 Å². The number of nitrogens with one attached hydrogen (secondary N) is 1. The van der Waals surface area contributed by atoms with E-state index in [2.05, 4.69) is 16.3 Å². The standard InChI is InChI=1S/C22H25N3O5/c26-17-5-4-16(19(27)23-17)25-15-3-1-2-14(18(15)21(6-7-21)20(25)28)24-10-8-22(9-11-24)29-12-13-30-22/h1-3,16H,4-13H2,(H,23,26,27). The quantitative estimate of drug-likeness (QED) is 0.736. The number of imide groups is 1. The Morgan fingerprint density at radius 2 is 1.67 bits per heavy atom. The average molecular weight is 411 g/mol. The Hall–Kier alpha value is -2.45. The molecule has 8 heteroatoms. The van der Waals surface area contributed by atoms with Gasteiger partial charge in [-0.2, -0.15) is 0 Å². The van der Waals surface area contributed by atoms with Gasteiger partial charge in [0.05, 0.1) is 24.3 Å². The summed E-state index contributed by atoms with van der Waals surface area (Å²) in [5.41, 5.74) is 2.46. The lowest BCUT2D eigenvalue weighted by Gasteiger charge is -2.39. The third-order valence-electron chi connectivity index (χ3n) is 7.34. The van der Waals surface area contributed by atoms with Gasteiger partial charge in [0.1, 0.15) is 6.04 Å². The lowest BCUT2D eigenvalue weighted by molar-refractivity contribution is -0.169. The van der Waals surface area contributed by atoms with Gasteiger partial charge in [0.2, 0.25) is 17.7 Å². The molecule has 1 atom stereocenters. The lowest BCUT2D eigenvalue weighted by atomic mass is 9.93. The number of carbonyl (C=O) groups is 3. The fraction of sp³-hybridized carbons (Fsp3) is 0.591. The van der Waals surface area contributed by atoms with E-state index in [1.54, 1.807) is 4.90 Å². The molecule has 30 heavy (non-hydrogen) atoms. The molecule has 2 spiro atoms. The zero-order valence-electron chi connectivity index (χ0n) is 16.8. The van der Waals surface area contributed by atoms with E-state index in [0.29, 0.717) is 19.6 Å². The molecular weight excluding hydrogens is 386 g/mol. The molecule has 3 saturated heterocycles. The van der Waals surface area contributed by atoms with Crippen LogP contribution in [0.4, 0.5) is 11.4 Å². The summed E-state index contributed by atoms with van der Waals surface area (Å²) in [5, 5.41) is 2.40. The first kappa shape index (κ1) is 18.3. The number of piperidine rings is 2. The van der Waals surface area contributed by atoms with E-state index in [-0.39, 0.29) is 24.1 Å². The van der Waals surface area contributed by atoms with Crippen LogP contribution in [-0.2, 0) is 29.3 Å². The van der Waals surface area contributed by atoms with Crippen LogP contribution in [0.3, 0.4) is 0 Å². The largest absolute Gasteiger partial charge is 0.371 e. The molecule has 4 heterocycles. The minimum atomic E-state index is -0.617. The SMILES string of the molecule is O=C1CCC(N2C(=O)C3(CC3)c3c(N4CCC5(CC4)OCCO5)cccc32)C(=O)N1. The maximum absolute atomic E-state index is 13.5. The van der Waals surface area contributed by atoms with Crippen LogP contribution < -0.4 is 15.1 Å². The number of nitrogens with zero attached hydrogens (tertiary/aromatic N) is 2. The van der Waals surface area contributed by atoms with E-state index < -0.39 is 17.2 Å². The highest BCUT2D eigenvalue weighted by Crippen LogP contribution is 2.61. The van der Waals surface area contributed by atoms with Crippen LogP contribution in [0.1, 0.15) is 44.1 Å². The minimum Gasteiger partial charge on any atom is -0.371 e. The van der Waals surface area contributed by atoms with Gasteiger partial charge in [0, 0.05) is 43.6 Å². The molecule has 1 unspecified atom stereocenters. The summed E-state index contributed by atoms with van der Waals surface area (Å²) >= 11 is 0. The molecule has 4 fully saturated rings. The molecule has 1 aliphatic carbocycles. The molecule has 8 nitrogen and oxygen atoms in total. The fourth-order valence-electron chi connectivity index (χ4n) is 5.63.